The van der Waals surface area contributed by atoms with E-state index in [2.05, 4.69) is 10.3 Å². The molecule has 0 aliphatic heterocycles. The van der Waals surface area contributed by atoms with E-state index in [9.17, 15) is 9.59 Å². The Hall–Kier alpha value is -1.28. The minimum atomic E-state index is -0.598. The molecule has 0 heterocycles. The number of hydrogen-bond donors (Lipinski definition) is 3. The summed E-state index contributed by atoms with van der Waals surface area (Å²) in [6, 6.07) is -0.559. The molecule has 0 fully saturated rings. The number of unbranched alkanes of at least 4 members (excludes halogenated alkanes) is 1. The first-order valence-electron chi connectivity index (χ1n) is 7.77. The number of amidine groups is 1. The van der Waals surface area contributed by atoms with Crippen LogP contribution in [-0.2, 0) is 9.53 Å². The lowest BCUT2D eigenvalue weighted by Crippen LogP contribution is -2.42. The second-order valence-corrected chi connectivity index (χ2v) is 7.29. The molecule has 0 aromatic rings. The van der Waals surface area contributed by atoms with Gasteiger partial charge < -0.3 is 10.1 Å². The van der Waals surface area contributed by atoms with Gasteiger partial charge in [-0.3, -0.25) is 20.5 Å². The van der Waals surface area contributed by atoms with Crippen LogP contribution in [0.5, 0.6) is 0 Å². The van der Waals surface area contributed by atoms with Gasteiger partial charge in [0.2, 0.25) is 5.12 Å². The van der Waals surface area contributed by atoms with Crippen molar-refractivity contribution in [1.29, 1.82) is 0 Å². The van der Waals surface area contributed by atoms with Crippen molar-refractivity contribution in [3.8, 4) is 0 Å². The topological polar surface area (TPSA) is 100 Å². The van der Waals surface area contributed by atoms with Crippen molar-refractivity contribution in [3.05, 3.63) is 0 Å². The highest BCUT2D eigenvalue weighted by Crippen LogP contribution is 2.13. The van der Waals surface area contributed by atoms with E-state index in [-0.39, 0.29) is 5.12 Å². The number of carbonyl (C=O) groups excluding carboxylic acids is 2. The minimum absolute atomic E-state index is 0.0601. The Balaban J connectivity index is 4.41. The fraction of sp³-hybridized carbons (Fsp3) is 0.800. The van der Waals surface area contributed by atoms with Gasteiger partial charge in [-0.25, -0.2) is 4.79 Å². The lowest BCUT2D eigenvalue weighted by Gasteiger charge is -2.22. The number of aliphatic imine (C=N–C) groups is 1. The first-order chi connectivity index (χ1) is 10.7. The van der Waals surface area contributed by atoms with Crippen LogP contribution < -0.4 is 10.8 Å². The van der Waals surface area contributed by atoms with E-state index in [0.29, 0.717) is 24.6 Å². The number of nitrogens with zero attached hydrogens (tertiary/aromatic N) is 1. The molecular weight excluding hydrogens is 318 g/mol. The molecule has 0 aromatic carbocycles. The predicted molar refractivity (Wildman–Crippen MR) is 93.0 cm³/mol. The molecule has 0 aromatic heterocycles. The molecule has 0 saturated carbocycles. The summed E-state index contributed by atoms with van der Waals surface area (Å²) in [5.41, 5.74) is 1.37. The Morgan fingerprint density at radius 3 is 2.48 bits per heavy atom. The highest BCUT2D eigenvalue weighted by Gasteiger charge is 2.23. The van der Waals surface area contributed by atoms with Crippen LogP contribution >= 0.6 is 11.8 Å². The maximum Gasteiger partial charge on any atom is 0.408 e. The number of amides is 1. The van der Waals surface area contributed by atoms with Gasteiger partial charge in [0.1, 0.15) is 17.5 Å². The molecular formula is C15H29N3O4S. The van der Waals surface area contributed by atoms with Gasteiger partial charge in [0.15, 0.2) is 0 Å². The van der Waals surface area contributed by atoms with Gasteiger partial charge in [0.05, 0.1) is 0 Å². The van der Waals surface area contributed by atoms with Crippen LogP contribution in [0.2, 0.25) is 0 Å². The molecule has 23 heavy (non-hydrogen) atoms. The number of ether oxygens (including phenoxy) is 1. The Bertz CT molecular complexity index is 408. The maximum absolute atomic E-state index is 12.1. The first kappa shape index (κ1) is 21.7. The van der Waals surface area contributed by atoms with Crippen LogP contribution in [0.1, 0.15) is 53.9 Å². The van der Waals surface area contributed by atoms with E-state index in [1.165, 1.54) is 11.8 Å². The van der Waals surface area contributed by atoms with Crippen LogP contribution in [0.3, 0.4) is 0 Å². The summed E-state index contributed by atoms with van der Waals surface area (Å²) in [6.45, 7) is 9.44. The third-order valence-electron chi connectivity index (χ3n) is 2.67. The quantitative estimate of drug-likeness (QED) is 0.270. The zero-order chi connectivity index (χ0) is 17.9. The fourth-order valence-corrected chi connectivity index (χ4v) is 2.35. The predicted octanol–water partition coefficient (Wildman–Crippen LogP) is 2.73. The highest BCUT2D eigenvalue weighted by atomic mass is 32.2. The molecule has 0 bridgehead atoms. The highest BCUT2D eigenvalue weighted by molar-refractivity contribution is 8.13. The Kier molecular flexibility index (Phi) is 10.7. The van der Waals surface area contributed by atoms with Gasteiger partial charge in [-0.15, -0.1) is 0 Å². The summed E-state index contributed by atoms with van der Waals surface area (Å²) in [6.07, 6.45) is 1.45. The molecule has 0 saturated heterocycles. The monoisotopic (exact) mass is 347 g/mol. The number of hydroxylamine groups is 1. The van der Waals surface area contributed by atoms with Crippen LogP contribution in [0.25, 0.3) is 0 Å². The van der Waals surface area contributed by atoms with Crippen molar-refractivity contribution in [1.82, 2.24) is 10.8 Å². The molecule has 0 radical (unpaired) electrons. The third-order valence-corrected chi connectivity index (χ3v) is 3.53. The molecule has 0 aliphatic rings. The molecule has 3 N–H and O–H groups in total. The number of thioether (sulfide) groups is 1. The Morgan fingerprint density at radius 2 is 1.96 bits per heavy atom. The average molecular weight is 347 g/mol. The second kappa shape index (κ2) is 11.3. The van der Waals surface area contributed by atoms with Crippen molar-refractivity contribution in [2.24, 2.45) is 4.99 Å². The number of alkyl carbamates (subject to hydrolysis) is 1. The average Bonchev–Trinajstić information content (AvgIpc) is 2.43. The van der Waals surface area contributed by atoms with E-state index < -0.39 is 17.7 Å². The summed E-state index contributed by atoms with van der Waals surface area (Å²) in [5, 5.41) is 11.2. The number of nitrogens with one attached hydrogen (secondary N) is 2. The molecule has 1 amide bonds. The lowest BCUT2D eigenvalue weighted by atomic mass is 10.1. The Labute approximate surface area is 142 Å². The molecule has 134 valence electrons. The van der Waals surface area contributed by atoms with Crippen molar-refractivity contribution in [3.63, 3.8) is 0 Å². The zero-order valence-corrected chi connectivity index (χ0v) is 15.5. The number of hydrogen-bond acceptors (Lipinski definition) is 6. The molecule has 0 unspecified atom stereocenters. The minimum Gasteiger partial charge on any atom is -0.444 e. The van der Waals surface area contributed by atoms with Crippen LogP contribution in [0.4, 0.5) is 4.79 Å². The summed E-state index contributed by atoms with van der Waals surface area (Å²) < 4.78 is 5.20. The van der Waals surface area contributed by atoms with E-state index in [1.54, 1.807) is 27.7 Å². The van der Waals surface area contributed by atoms with E-state index >= 15 is 0 Å². The first-order valence-corrected chi connectivity index (χ1v) is 8.75. The normalized spacial score (nSPS) is 13.4. The van der Waals surface area contributed by atoms with Crippen molar-refractivity contribution < 1.29 is 19.5 Å². The van der Waals surface area contributed by atoms with Gasteiger partial charge >= 0.3 is 6.09 Å². The number of rotatable bonds is 8. The Morgan fingerprint density at radius 1 is 1.30 bits per heavy atom. The summed E-state index contributed by atoms with van der Waals surface area (Å²) in [5.74, 6) is 1.11. The molecule has 7 nitrogen and oxygen atoms in total. The SMILES string of the molecule is CCSC(=O)[C@H](CCCCN=C(C)NO)NC(=O)OC(C)(C)C. The smallest absolute Gasteiger partial charge is 0.408 e. The van der Waals surface area contributed by atoms with Gasteiger partial charge in [-0.1, -0.05) is 18.7 Å². The number of carbonyl (C=O) groups is 2. The van der Waals surface area contributed by atoms with Gasteiger partial charge in [0.25, 0.3) is 0 Å². The van der Waals surface area contributed by atoms with Crippen LogP contribution in [0, 0.1) is 0 Å². The molecule has 1 atom stereocenters. The van der Waals surface area contributed by atoms with E-state index in [1.807, 2.05) is 12.4 Å². The third kappa shape index (κ3) is 11.9. The van der Waals surface area contributed by atoms with Gasteiger partial charge in [-0.05, 0) is 52.7 Å². The molecule has 8 heteroatoms. The van der Waals surface area contributed by atoms with Crippen molar-refractivity contribution in [2.75, 3.05) is 12.3 Å². The standard InChI is InChI=1S/C15H29N3O4S/c1-6-23-13(19)12(17-14(20)22-15(3,4)5)9-7-8-10-16-11(2)18-21/h12,21H,6-10H2,1-5H3,(H,16,18)(H,17,20)/t12-/m0/s1. The van der Waals surface area contributed by atoms with E-state index in [4.69, 9.17) is 9.94 Å². The summed E-state index contributed by atoms with van der Waals surface area (Å²) >= 11 is 1.19. The van der Waals surface area contributed by atoms with Crippen molar-refractivity contribution in [2.45, 2.75) is 65.5 Å². The van der Waals surface area contributed by atoms with Crippen LogP contribution in [0.15, 0.2) is 4.99 Å². The summed E-state index contributed by atoms with van der Waals surface area (Å²) in [7, 11) is 0. The van der Waals surface area contributed by atoms with E-state index in [0.717, 1.165) is 12.8 Å². The molecule has 0 spiro atoms. The second-order valence-electron chi connectivity index (χ2n) is 6.03. The van der Waals surface area contributed by atoms with Gasteiger partial charge in [0, 0.05) is 6.54 Å². The van der Waals surface area contributed by atoms with Crippen molar-refractivity contribution >= 4 is 28.8 Å². The van der Waals surface area contributed by atoms with Gasteiger partial charge in [-0.2, -0.15) is 0 Å². The largest absolute Gasteiger partial charge is 0.444 e. The van der Waals surface area contributed by atoms with Crippen LogP contribution in [-0.4, -0.2) is 46.2 Å². The fourth-order valence-electron chi connectivity index (χ4n) is 1.68. The lowest BCUT2D eigenvalue weighted by molar-refractivity contribution is -0.113. The molecule has 0 rings (SSSR count). The maximum atomic E-state index is 12.1. The molecule has 0 aliphatic carbocycles. The summed E-state index contributed by atoms with van der Waals surface area (Å²) in [4.78, 5) is 28.0. The zero-order valence-electron chi connectivity index (χ0n) is 14.6.